The lowest BCUT2D eigenvalue weighted by Gasteiger charge is -2.46. The summed E-state index contributed by atoms with van der Waals surface area (Å²) in [6, 6.07) is 1.90. The van der Waals surface area contributed by atoms with Crippen molar-refractivity contribution >= 4 is 6.03 Å². The van der Waals surface area contributed by atoms with Gasteiger partial charge >= 0.3 is 6.03 Å². The number of piperidine rings is 1. The fraction of sp³-hybridized carbons (Fsp3) is 0.950. The van der Waals surface area contributed by atoms with Gasteiger partial charge in [-0.2, -0.15) is 0 Å². The van der Waals surface area contributed by atoms with Gasteiger partial charge in [-0.3, -0.25) is 0 Å². The Bertz CT molecular complexity index is 392. The van der Waals surface area contributed by atoms with Crippen LogP contribution in [0.4, 0.5) is 4.79 Å². The third-order valence-corrected chi connectivity index (χ3v) is 6.81. The van der Waals surface area contributed by atoms with Crippen molar-refractivity contribution < 1.29 is 4.79 Å². The fourth-order valence-corrected chi connectivity index (χ4v) is 5.25. The van der Waals surface area contributed by atoms with Gasteiger partial charge in [-0.05, 0) is 57.3 Å². The van der Waals surface area contributed by atoms with Gasteiger partial charge in [0.15, 0.2) is 0 Å². The normalized spacial score (nSPS) is 30.9. The van der Waals surface area contributed by atoms with Gasteiger partial charge in [0.1, 0.15) is 0 Å². The maximum absolute atomic E-state index is 12.5. The Morgan fingerprint density at radius 3 is 2.04 bits per heavy atom. The molecule has 1 N–H and O–H groups in total. The van der Waals surface area contributed by atoms with Crippen molar-refractivity contribution in [2.75, 3.05) is 20.1 Å². The summed E-state index contributed by atoms with van der Waals surface area (Å²) in [5.74, 6) is 0.925. The second-order valence-corrected chi connectivity index (χ2v) is 8.44. The number of nitrogens with zero attached hydrogens (tertiary/aromatic N) is 2. The fourth-order valence-electron chi connectivity index (χ4n) is 5.25. The van der Waals surface area contributed by atoms with Crippen molar-refractivity contribution in [2.24, 2.45) is 5.92 Å². The molecular weight excluding hydrogens is 298 g/mol. The van der Waals surface area contributed by atoms with Crippen LogP contribution < -0.4 is 5.32 Å². The smallest absolute Gasteiger partial charge is 0.317 e. The molecule has 24 heavy (non-hydrogen) atoms. The summed E-state index contributed by atoms with van der Waals surface area (Å²) < 4.78 is 0. The Hall–Kier alpha value is -0.770. The highest BCUT2D eigenvalue weighted by atomic mass is 16.2. The Morgan fingerprint density at radius 1 is 0.875 bits per heavy atom. The van der Waals surface area contributed by atoms with Crippen LogP contribution in [0.2, 0.25) is 0 Å². The highest BCUT2D eigenvalue weighted by Gasteiger charge is 2.35. The second-order valence-electron chi connectivity index (χ2n) is 8.44. The topological polar surface area (TPSA) is 35.6 Å². The van der Waals surface area contributed by atoms with Gasteiger partial charge in [0.25, 0.3) is 0 Å². The minimum atomic E-state index is 0.159. The van der Waals surface area contributed by atoms with E-state index < -0.39 is 0 Å². The largest absolute Gasteiger partial charge is 0.341 e. The molecule has 2 aliphatic carbocycles. The number of hydrogen-bond donors (Lipinski definition) is 1. The van der Waals surface area contributed by atoms with Crippen molar-refractivity contribution in [3.8, 4) is 0 Å². The summed E-state index contributed by atoms with van der Waals surface area (Å²) in [6.07, 6.45) is 14.2. The summed E-state index contributed by atoms with van der Waals surface area (Å²) in [4.78, 5) is 17.5. The molecule has 3 aliphatic rings. The number of rotatable bonds is 3. The molecule has 3 fully saturated rings. The molecule has 138 valence electrons. The average molecular weight is 336 g/mol. The van der Waals surface area contributed by atoms with Crippen LogP contribution in [0.25, 0.3) is 0 Å². The van der Waals surface area contributed by atoms with Gasteiger partial charge in [0.05, 0.1) is 0 Å². The lowest BCUT2D eigenvalue weighted by molar-refractivity contribution is 0.0546. The first-order valence-electron chi connectivity index (χ1n) is 10.4. The van der Waals surface area contributed by atoms with Crippen LogP contribution in [-0.2, 0) is 0 Å². The maximum Gasteiger partial charge on any atom is 0.317 e. The van der Waals surface area contributed by atoms with Crippen molar-refractivity contribution in [1.29, 1.82) is 0 Å². The minimum Gasteiger partial charge on any atom is -0.341 e. The van der Waals surface area contributed by atoms with E-state index in [2.05, 4.69) is 22.0 Å². The van der Waals surface area contributed by atoms with E-state index in [1.165, 1.54) is 70.9 Å². The van der Waals surface area contributed by atoms with Crippen LogP contribution in [0.5, 0.6) is 0 Å². The first kappa shape index (κ1) is 18.0. The molecule has 4 nitrogen and oxygen atoms in total. The molecule has 0 aromatic heterocycles. The van der Waals surface area contributed by atoms with Crippen LogP contribution >= 0.6 is 0 Å². The van der Waals surface area contributed by atoms with E-state index in [-0.39, 0.29) is 6.03 Å². The third kappa shape index (κ3) is 4.25. The van der Waals surface area contributed by atoms with Crippen molar-refractivity contribution in [1.82, 2.24) is 15.1 Å². The summed E-state index contributed by atoms with van der Waals surface area (Å²) >= 11 is 0. The SMILES string of the molecule is CNC(=O)N(C1CCCCC1)C1CCN(C2CCC(C)CC2)CC1. The Kier molecular flexibility index (Phi) is 6.43. The Balaban J connectivity index is 1.55. The van der Waals surface area contributed by atoms with E-state index in [4.69, 9.17) is 0 Å². The summed E-state index contributed by atoms with van der Waals surface area (Å²) in [6.45, 7) is 4.77. The lowest BCUT2D eigenvalue weighted by atomic mass is 9.85. The van der Waals surface area contributed by atoms with Crippen molar-refractivity contribution in [2.45, 2.75) is 95.7 Å². The second kappa shape index (κ2) is 8.55. The average Bonchev–Trinajstić information content (AvgIpc) is 2.64. The monoisotopic (exact) mass is 335 g/mol. The van der Waals surface area contributed by atoms with E-state index in [1.54, 1.807) is 7.05 Å². The molecule has 0 aromatic rings. The number of likely N-dealkylation sites (tertiary alicyclic amines) is 1. The third-order valence-electron chi connectivity index (χ3n) is 6.81. The van der Waals surface area contributed by atoms with Crippen LogP contribution in [0.15, 0.2) is 0 Å². The molecule has 0 spiro atoms. The number of hydrogen-bond acceptors (Lipinski definition) is 2. The summed E-state index contributed by atoms with van der Waals surface area (Å²) in [5, 5.41) is 2.91. The predicted molar refractivity (Wildman–Crippen MR) is 99.2 cm³/mol. The summed E-state index contributed by atoms with van der Waals surface area (Å²) in [5.41, 5.74) is 0. The van der Waals surface area contributed by atoms with E-state index in [0.717, 1.165) is 24.8 Å². The molecule has 0 aromatic carbocycles. The van der Waals surface area contributed by atoms with Crippen LogP contribution in [0, 0.1) is 5.92 Å². The molecular formula is C20H37N3O. The first-order chi connectivity index (χ1) is 11.7. The van der Waals surface area contributed by atoms with Crippen LogP contribution in [-0.4, -0.2) is 54.1 Å². The molecule has 1 heterocycles. The van der Waals surface area contributed by atoms with Crippen molar-refractivity contribution in [3.05, 3.63) is 0 Å². The van der Waals surface area contributed by atoms with Gasteiger partial charge in [-0.25, -0.2) is 4.79 Å². The minimum absolute atomic E-state index is 0.159. The molecule has 3 rings (SSSR count). The molecule has 0 unspecified atom stereocenters. The van der Waals surface area contributed by atoms with Gasteiger partial charge in [0, 0.05) is 38.3 Å². The molecule has 0 atom stereocenters. The van der Waals surface area contributed by atoms with Crippen LogP contribution in [0.3, 0.4) is 0 Å². The number of urea groups is 1. The number of carbonyl (C=O) groups is 1. The molecule has 2 saturated carbocycles. The Labute approximate surface area is 148 Å². The highest BCUT2D eigenvalue weighted by molar-refractivity contribution is 5.74. The van der Waals surface area contributed by atoms with E-state index in [1.807, 2.05) is 0 Å². The van der Waals surface area contributed by atoms with Crippen LogP contribution in [0.1, 0.15) is 77.6 Å². The maximum atomic E-state index is 12.5. The van der Waals surface area contributed by atoms with Crippen molar-refractivity contribution in [3.63, 3.8) is 0 Å². The van der Waals surface area contributed by atoms with Gasteiger partial charge in [-0.15, -0.1) is 0 Å². The molecule has 2 amide bonds. The number of carbonyl (C=O) groups excluding carboxylic acids is 1. The Morgan fingerprint density at radius 2 is 1.46 bits per heavy atom. The zero-order valence-corrected chi connectivity index (χ0v) is 15.8. The molecule has 1 aliphatic heterocycles. The molecule has 0 bridgehead atoms. The first-order valence-corrected chi connectivity index (χ1v) is 10.4. The van der Waals surface area contributed by atoms with E-state index >= 15 is 0 Å². The highest BCUT2D eigenvalue weighted by Crippen LogP contribution is 2.31. The van der Waals surface area contributed by atoms with Gasteiger partial charge in [0.2, 0.25) is 0 Å². The standard InChI is InChI=1S/C20H37N3O/c1-16-8-10-17(11-9-16)22-14-12-19(13-15-22)23(20(24)21-2)18-6-4-3-5-7-18/h16-19H,3-15H2,1-2H3,(H,21,24). The van der Waals surface area contributed by atoms with Gasteiger partial charge < -0.3 is 15.1 Å². The molecule has 1 saturated heterocycles. The predicted octanol–water partition coefficient (Wildman–Crippen LogP) is 4.00. The van der Waals surface area contributed by atoms with E-state index in [9.17, 15) is 4.79 Å². The van der Waals surface area contributed by atoms with E-state index in [0.29, 0.717) is 12.1 Å². The zero-order chi connectivity index (χ0) is 16.9. The molecule has 4 heteroatoms. The zero-order valence-electron chi connectivity index (χ0n) is 15.8. The lowest BCUT2D eigenvalue weighted by Crippen LogP contribution is -2.55. The molecule has 0 radical (unpaired) electrons. The number of amides is 2. The van der Waals surface area contributed by atoms with Gasteiger partial charge in [-0.1, -0.05) is 26.2 Å². The quantitative estimate of drug-likeness (QED) is 0.846. The number of nitrogens with one attached hydrogen (secondary N) is 1. The summed E-state index contributed by atoms with van der Waals surface area (Å²) in [7, 11) is 1.79.